The second-order valence-electron chi connectivity index (χ2n) is 4.22. The molecule has 0 saturated carbocycles. The van der Waals surface area contributed by atoms with Crippen molar-refractivity contribution < 1.29 is 0 Å². The van der Waals surface area contributed by atoms with Gasteiger partial charge in [0.1, 0.15) is 0 Å². The lowest BCUT2D eigenvalue weighted by Crippen LogP contribution is -2.32. The van der Waals surface area contributed by atoms with Crippen LogP contribution in [0.3, 0.4) is 0 Å². The first kappa shape index (κ1) is 12.1. The van der Waals surface area contributed by atoms with Crippen molar-refractivity contribution in [1.29, 1.82) is 0 Å². The summed E-state index contributed by atoms with van der Waals surface area (Å²) in [4.78, 5) is 2.56. The van der Waals surface area contributed by atoms with Crippen LogP contribution in [-0.2, 0) is 0 Å². The molecule has 0 bridgehead atoms. The second-order valence-corrected chi connectivity index (χ2v) is 5.08. The quantitative estimate of drug-likeness (QED) is 0.898. The average molecular weight is 283 g/mol. The van der Waals surface area contributed by atoms with Crippen molar-refractivity contribution in [2.45, 2.75) is 19.4 Å². The molecule has 1 aliphatic rings. The molecular weight excluding hydrogens is 264 g/mol. The van der Waals surface area contributed by atoms with Gasteiger partial charge >= 0.3 is 0 Å². The fourth-order valence-corrected chi connectivity index (χ4v) is 2.91. The first-order chi connectivity index (χ1) is 7.83. The smallest absolute Gasteiger partial charge is 0.0483 e. The van der Waals surface area contributed by atoms with E-state index in [1.807, 2.05) is 0 Å². The van der Waals surface area contributed by atoms with Gasteiger partial charge in [-0.1, -0.05) is 41.1 Å². The van der Waals surface area contributed by atoms with E-state index in [1.165, 1.54) is 23.0 Å². The van der Waals surface area contributed by atoms with Crippen LogP contribution in [0.25, 0.3) is 0 Å². The number of rotatable bonds is 2. The van der Waals surface area contributed by atoms with Crippen LogP contribution in [-0.4, -0.2) is 31.1 Å². The number of likely N-dealkylation sites (N-methyl/N-ethyl adjacent to an activating group) is 1. The van der Waals surface area contributed by atoms with E-state index in [1.54, 1.807) is 0 Å². The third-order valence-corrected chi connectivity index (χ3v) is 3.97. The molecule has 88 valence electrons. The summed E-state index contributed by atoms with van der Waals surface area (Å²) in [5.74, 6) is 0. The second kappa shape index (κ2) is 5.80. The number of halogens is 1. The van der Waals surface area contributed by atoms with Gasteiger partial charge in [0.2, 0.25) is 0 Å². The maximum Gasteiger partial charge on any atom is 0.0483 e. The molecule has 2 rings (SSSR count). The summed E-state index contributed by atoms with van der Waals surface area (Å²) in [5, 5.41) is 3.52. The van der Waals surface area contributed by atoms with Gasteiger partial charge in [0.15, 0.2) is 0 Å². The first-order valence-corrected chi connectivity index (χ1v) is 6.81. The molecule has 1 fully saturated rings. The topological polar surface area (TPSA) is 15.3 Å². The molecule has 16 heavy (non-hydrogen) atoms. The molecule has 1 aliphatic heterocycles. The Labute approximate surface area is 106 Å². The molecule has 0 radical (unpaired) electrons. The van der Waals surface area contributed by atoms with Gasteiger partial charge < -0.3 is 5.32 Å². The molecule has 1 heterocycles. The summed E-state index contributed by atoms with van der Waals surface area (Å²) in [7, 11) is 0. The van der Waals surface area contributed by atoms with Crippen LogP contribution in [0.4, 0.5) is 0 Å². The van der Waals surface area contributed by atoms with Crippen molar-refractivity contribution in [3.05, 3.63) is 34.3 Å². The summed E-state index contributed by atoms with van der Waals surface area (Å²) in [6.07, 6.45) is 1.24. The lowest BCUT2D eigenvalue weighted by Gasteiger charge is -2.29. The number of hydrogen-bond acceptors (Lipinski definition) is 2. The third-order valence-electron chi connectivity index (χ3n) is 3.25. The highest BCUT2D eigenvalue weighted by molar-refractivity contribution is 9.10. The van der Waals surface area contributed by atoms with Crippen LogP contribution in [0.2, 0.25) is 0 Å². The highest BCUT2D eigenvalue weighted by atomic mass is 79.9. The molecule has 0 amide bonds. The predicted octanol–water partition coefficient (Wildman–Crippen LogP) is 2.81. The van der Waals surface area contributed by atoms with Gasteiger partial charge in [-0.3, -0.25) is 4.90 Å². The standard InChI is InChI=1S/C13H19BrN2/c1-2-16-9-5-8-15-10-13(16)11-6-3-4-7-12(11)14/h3-4,6-7,13,15H,2,5,8-10H2,1H3. The molecule has 2 nitrogen and oxygen atoms in total. The van der Waals surface area contributed by atoms with E-state index in [2.05, 4.69) is 57.3 Å². The van der Waals surface area contributed by atoms with Gasteiger partial charge in [-0.05, 0) is 37.7 Å². The summed E-state index contributed by atoms with van der Waals surface area (Å²) < 4.78 is 1.22. The monoisotopic (exact) mass is 282 g/mol. The Hall–Kier alpha value is -0.380. The van der Waals surface area contributed by atoms with Gasteiger partial charge in [-0.15, -0.1) is 0 Å². The number of nitrogens with zero attached hydrogens (tertiary/aromatic N) is 1. The average Bonchev–Trinajstić information content (AvgIpc) is 2.54. The zero-order valence-corrected chi connectivity index (χ0v) is 11.3. The number of benzene rings is 1. The maximum absolute atomic E-state index is 3.66. The van der Waals surface area contributed by atoms with Crippen molar-refractivity contribution in [1.82, 2.24) is 10.2 Å². The van der Waals surface area contributed by atoms with Crippen molar-refractivity contribution in [3.8, 4) is 0 Å². The van der Waals surface area contributed by atoms with Crippen molar-refractivity contribution in [3.63, 3.8) is 0 Å². The molecule has 0 spiro atoms. The van der Waals surface area contributed by atoms with Crippen LogP contribution in [0.1, 0.15) is 24.9 Å². The van der Waals surface area contributed by atoms with Crippen molar-refractivity contribution in [2.24, 2.45) is 0 Å². The molecule has 0 aliphatic carbocycles. The molecule has 0 aromatic heterocycles. The van der Waals surface area contributed by atoms with Gasteiger partial charge in [0, 0.05) is 17.1 Å². The molecule has 1 N–H and O–H groups in total. The zero-order valence-electron chi connectivity index (χ0n) is 9.75. The van der Waals surface area contributed by atoms with Crippen LogP contribution in [0.15, 0.2) is 28.7 Å². The van der Waals surface area contributed by atoms with Gasteiger partial charge in [0.05, 0.1) is 0 Å². The summed E-state index contributed by atoms with van der Waals surface area (Å²) in [6, 6.07) is 9.06. The summed E-state index contributed by atoms with van der Waals surface area (Å²) in [5.41, 5.74) is 1.40. The van der Waals surface area contributed by atoms with Gasteiger partial charge in [-0.25, -0.2) is 0 Å². The predicted molar refractivity (Wildman–Crippen MR) is 71.6 cm³/mol. The zero-order chi connectivity index (χ0) is 11.4. The maximum atomic E-state index is 3.66. The largest absolute Gasteiger partial charge is 0.315 e. The Balaban J connectivity index is 2.25. The van der Waals surface area contributed by atoms with E-state index in [0.29, 0.717) is 6.04 Å². The summed E-state index contributed by atoms with van der Waals surface area (Å²) >= 11 is 3.66. The fourth-order valence-electron chi connectivity index (χ4n) is 2.36. The third kappa shape index (κ3) is 2.65. The Bertz CT molecular complexity index is 340. The van der Waals surface area contributed by atoms with E-state index in [-0.39, 0.29) is 0 Å². The Kier molecular flexibility index (Phi) is 4.38. The Morgan fingerprint density at radius 3 is 3.00 bits per heavy atom. The van der Waals surface area contributed by atoms with Crippen LogP contribution in [0, 0.1) is 0 Å². The lowest BCUT2D eigenvalue weighted by atomic mass is 10.1. The fraction of sp³-hybridized carbons (Fsp3) is 0.538. The molecule has 3 heteroatoms. The number of hydrogen-bond donors (Lipinski definition) is 1. The van der Waals surface area contributed by atoms with Crippen LogP contribution < -0.4 is 5.32 Å². The molecule has 1 atom stereocenters. The molecule has 1 unspecified atom stereocenters. The Morgan fingerprint density at radius 1 is 1.44 bits per heavy atom. The molecule has 1 aromatic rings. The van der Waals surface area contributed by atoms with E-state index in [0.717, 1.165) is 19.6 Å². The first-order valence-electron chi connectivity index (χ1n) is 6.02. The lowest BCUT2D eigenvalue weighted by molar-refractivity contribution is 0.221. The Morgan fingerprint density at radius 2 is 2.25 bits per heavy atom. The van der Waals surface area contributed by atoms with Gasteiger partial charge in [0.25, 0.3) is 0 Å². The van der Waals surface area contributed by atoms with E-state index < -0.39 is 0 Å². The van der Waals surface area contributed by atoms with E-state index in [9.17, 15) is 0 Å². The number of nitrogens with one attached hydrogen (secondary N) is 1. The molecular formula is C13H19BrN2. The minimum atomic E-state index is 0.503. The molecule has 1 aromatic carbocycles. The highest BCUT2D eigenvalue weighted by Crippen LogP contribution is 2.28. The molecule has 1 saturated heterocycles. The summed E-state index contributed by atoms with van der Waals surface area (Å²) in [6.45, 7) is 6.74. The van der Waals surface area contributed by atoms with Crippen molar-refractivity contribution >= 4 is 15.9 Å². The SMILES string of the molecule is CCN1CCCNCC1c1ccccc1Br. The minimum Gasteiger partial charge on any atom is -0.315 e. The highest BCUT2D eigenvalue weighted by Gasteiger charge is 2.22. The van der Waals surface area contributed by atoms with Crippen molar-refractivity contribution in [2.75, 3.05) is 26.2 Å². The van der Waals surface area contributed by atoms with Crippen LogP contribution >= 0.6 is 15.9 Å². The van der Waals surface area contributed by atoms with Gasteiger partial charge in [-0.2, -0.15) is 0 Å². The minimum absolute atomic E-state index is 0.503. The normalized spacial score (nSPS) is 23.0. The van der Waals surface area contributed by atoms with Crippen LogP contribution in [0.5, 0.6) is 0 Å². The van der Waals surface area contributed by atoms with E-state index >= 15 is 0 Å². The van der Waals surface area contributed by atoms with E-state index in [4.69, 9.17) is 0 Å².